The van der Waals surface area contributed by atoms with Crippen LogP contribution in [0.25, 0.3) is 0 Å². The Kier molecular flexibility index (Phi) is 7.26. The number of carbonyl (C=O) groups is 1. The van der Waals surface area contributed by atoms with E-state index in [9.17, 15) is 15.0 Å². The number of hydrogen-bond acceptors (Lipinski definition) is 5. The van der Waals surface area contributed by atoms with Crippen LogP contribution in [0.1, 0.15) is 39.4 Å². The van der Waals surface area contributed by atoms with E-state index in [2.05, 4.69) is 20.9 Å². The van der Waals surface area contributed by atoms with E-state index in [1.54, 1.807) is 33.8 Å². The molecule has 0 aromatic carbocycles. The normalized spacial score (nSPS) is 14.3. The molecule has 0 bridgehead atoms. The molecule has 23 heavy (non-hydrogen) atoms. The monoisotopic (exact) mass is 408 g/mol. The number of aliphatic hydroxyl groups excluding tert-OH is 2. The third-order valence-corrected chi connectivity index (χ3v) is 3.64. The summed E-state index contributed by atoms with van der Waals surface area (Å²) >= 11 is 9.11. The van der Waals surface area contributed by atoms with Crippen molar-refractivity contribution in [1.82, 2.24) is 9.88 Å². The lowest BCUT2D eigenvalue weighted by atomic mass is 10.0. The van der Waals surface area contributed by atoms with Gasteiger partial charge >= 0.3 is 6.09 Å². The van der Waals surface area contributed by atoms with Crippen molar-refractivity contribution in [2.75, 3.05) is 13.2 Å². The molecule has 2 atom stereocenters. The molecule has 1 heterocycles. The number of ether oxygens (including phenoxy) is 1. The summed E-state index contributed by atoms with van der Waals surface area (Å²) < 4.78 is 5.81. The van der Waals surface area contributed by atoms with E-state index in [0.717, 1.165) is 0 Å². The Bertz CT molecular complexity index is 531. The summed E-state index contributed by atoms with van der Waals surface area (Å²) in [5.74, 6) is 0. The number of nitrogens with zero attached hydrogens (tertiary/aromatic N) is 2. The summed E-state index contributed by atoms with van der Waals surface area (Å²) in [5.41, 5.74) is -0.158. The smallest absolute Gasteiger partial charge is 0.410 e. The van der Waals surface area contributed by atoms with Crippen LogP contribution in [0.15, 0.2) is 16.7 Å². The number of aliphatic hydroxyl groups is 2. The molecule has 1 rings (SSSR count). The topological polar surface area (TPSA) is 82.9 Å². The van der Waals surface area contributed by atoms with Crippen molar-refractivity contribution in [1.29, 1.82) is 0 Å². The van der Waals surface area contributed by atoms with E-state index in [4.69, 9.17) is 16.3 Å². The van der Waals surface area contributed by atoms with Gasteiger partial charge in [0.1, 0.15) is 15.4 Å². The zero-order chi connectivity index (χ0) is 17.8. The van der Waals surface area contributed by atoms with Crippen molar-refractivity contribution >= 4 is 33.6 Å². The Morgan fingerprint density at radius 2 is 2.09 bits per heavy atom. The van der Waals surface area contributed by atoms with Crippen molar-refractivity contribution in [2.24, 2.45) is 0 Å². The number of amides is 1. The first-order chi connectivity index (χ1) is 10.5. The maximum absolute atomic E-state index is 12.3. The van der Waals surface area contributed by atoms with Crippen molar-refractivity contribution in [2.45, 2.75) is 45.4 Å². The van der Waals surface area contributed by atoms with Gasteiger partial charge < -0.3 is 19.8 Å². The van der Waals surface area contributed by atoms with Gasteiger partial charge in [-0.3, -0.25) is 0 Å². The first-order valence-electron chi connectivity index (χ1n) is 7.16. The highest BCUT2D eigenvalue weighted by molar-refractivity contribution is 9.10. The number of aromatic nitrogens is 1. The minimum atomic E-state index is -1.01. The van der Waals surface area contributed by atoms with Gasteiger partial charge in [0, 0.05) is 6.54 Å². The highest BCUT2D eigenvalue weighted by Gasteiger charge is 2.30. The van der Waals surface area contributed by atoms with Crippen LogP contribution in [0.5, 0.6) is 0 Å². The van der Waals surface area contributed by atoms with Crippen molar-refractivity contribution in [3.05, 3.63) is 27.5 Å². The van der Waals surface area contributed by atoms with Gasteiger partial charge in [0.15, 0.2) is 0 Å². The van der Waals surface area contributed by atoms with Crippen LogP contribution in [0.3, 0.4) is 0 Å². The van der Waals surface area contributed by atoms with E-state index in [1.165, 1.54) is 11.0 Å². The third kappa shape index (κ3) is 6.25. The molecule has 0 aliphatic heterocycles. The summed E-state index contributed by atoms with van der Waals surface area (Å²) in [4.78, 5) is 17.6. The summed E-state index contributed by atoms with van der Waals surface area (Å²) in [5, 5.41) is 20.0. The Balaban J connectivity index is 2.99. The largest absolute Gasteiger partial charge is 0.444 e. The summed E-state index contributed by atoms with van der Waals surface area (Å²) in [6, 6.07) is 2.53. The fourth-order valence-electron chi connectivity index (χ4n) is 1.99. The molecule has 2 unspecified atom stereocenters. The predicted molar refractivity (Wildman–Crippen MR) is 91.4 cm³/mol. The molecule has 0 saturated carbocycles. The van der Waals surface area contributed by atoms with Crippen LogP contribution in [-0.2, 0) is 4.74 Å². The molecule has 2 N–H and O–H groups in total. The number of rotatable bonds is 5. The van der Waals surface area contributed by atoms with Gasteiger partial charge in [0.2, 0.25) is 0 Å². The molecule has 1 amide bonds. The standard InChI is InChI=1S/C15H22BrClN2O4/c1-9(13(21)10-7-11(16)18-12(17)8-10)19(5-6-20)14(22)23-15(2,3)4/h7-9,13,20-21H,5-6H2,1-4H3. The maximum Gasteiger partial charge on any atom is 0.410 e. The van der Waals surface area contributed by atoms with E-state index in [-0.39, 0.29) is 18.3 Å². The lowest BCUT2D eigenvalue weighted by molar-refractivity contribution is -0.00682. The Morgan fingerprint density at radius 1 is 1.48 bits per heavy atom. The van der Waals surface area contributed by atoms with Crippen LogP contribution >= 0.6 is 27.5 Å². The Morgan fingerprint density at radius 3 is 2.57 bits per heavy atom. The van der Waals surface area contributed by atoms with Gasteiger partial charge in [0.05, 0.1) is 18.8 Å². The molecule has 0 saturated heterocycles. The fourth-order valence-corrected chi connectivity index (χ4v) is 2.77. The SMILES string of the molecule is CC(C(O)c1cc(Cl)nc(Br)c1)N(CCO)C(=O)OC(C)(C)C. The molecular weight excluding hydrogens is 388 g/mol. The van der Waals surface area contributed by atoms with Gasteiger partial charge in [-0.25, -0.2) is 9.78 Å². The number of carbonyl (C=O) groups excluding carboxylic acids is 1. The Hall–Kier alpha value is -0.890. The zero-order valence-electron chi connectivity index (χ0n) is 13.6. The second kappa shape index (κ2) is 8.28. The fraction of sp³-hybridized carbons (Fsp3) is 0.600. The van der Waals surface area contributed by atoms with Crippen molar-refractivity contribution in [3.63, 3.8) is 0 Å². The molecule has 0 radical (unpaired) electrons. The van der Waals surface area contributed by atoms with Crippen LogP contribution < -0.4 is 0 Å². The third-order valence-electron chi connectivity index (χ3n) is 3.04. The zero-order valence-corrected chi connectivity index (χ0v) is 15.9. The summed E-state index contributed by atoms with van der Waals surface area (Å²) in [7, 11) is 0. The minimum Gasteiger partial charge on any atom is -0.444 e. The second-order valence-electron chi connectivity index (χ2n) is 6.13. The molecule has 0 aliphatic rings. The molecule has 0 aliphatic carbocycles. The summed E-state index contributed by atoms with van der Waals surface area (Å²) in [6.45, 7) is 6.74. The maximum atomic E-state index is 12.3. The average molecular weight is 410 g/mol. The number of halogens is 2. The van der Waals surface area contributed by atoms with Gasteiger partial charge in [-0.05, 0) is 61.3 Å². The number of hydrogen-bond donors (Lipinski definition) is 2. The molecule has 1 aromatic heterocycles. The molecular formula is C15H22BrClN2O4. The van der Waals surface area contributed by atoms with Crippen molar-refractivity contribution < 1.29 is 19.7 Å². The van der Waals surface area contributed by atoms with E-state index in [0.29, 0.717) is 10.2 Å². The second-order valence-corrected chi connectivity index (χ2v) is 7.33. The molecule has 0 fully saturated rings. The van der Waals surface area contributed by atoms with Gasteiger partial charge in [-0.1, -0.05) is 11.6 Å². The van der Waals surface area contributed by atoms with Crippen LogP contribution in [0.4, 0.5) is 4.79 Å². The lowest BCUT2D eigenvalue weighted by Crippen LogP contribution is -2.46. The quantitative estimate of drug-likeness (QED) is 0.730. The van der Waals surface area contributed by atoms with Crippen LogP contribution in [0, 0.1) is 0 Å². The van der Waals surface area contributed by atoms with Gasteiger partial charge in [-0.15, -0.1) is 0 Å². The first kappa shape index (κ1) is 20.2. The van der Waals surface area contributed by atoms with E-state index < -0.39 is 23.8 Å². The molecule has 130 valence electrons. The minimum absolute atomic E-state index is 0.0487. The first-order valence-corrected chi connectivity index (χ1v) is 8.34. The van der Waals surface area contributed by atoms with E-state index in [1.807, 2.05) is 0 Å². The van der Waals surface area contributed by atoms with Crippen LogP contribution in [-0.4, -0.2) is 51.0 Å². The molecule has 0 spiro atoms. The van der Waals surface area contributed by atoms with Crippen molar-refractivity contribution in [3.8, 4) is 0 Å². The highest BCUT2D eigenvalue weighted by atomic mass is 79.9. The molecule has 1 aromatic rings. The van der Waals surface area contributed by atoms with Gasteiger partial charge in [-0.2, -0.15) is 0 Å². The molecule has 6 nitrogen and oxygen atoms in total. The van der Waals surface area contributed by atoms with E-state index >= 15 is 0 Å². The highest BCUT2D eigenvalue weighted by Crippen LogP contribution is 2.26. The average Bonchev–Trinajstić information content (AvgIpc) is 2.40. The van der Waals surface area contributed by atoms with Gasteiger partial charge in [0.25, 0.3) is 0 Å². The molecule has 8 heteroatoms. The summed E-state index contributed by atoms with van der Waals surface area (Å²) in [6.07, 6.45) is -1.61. The predicted octanol–water partition coefficient (Wildman–Crippen LogP) is 3.15. The lowest BCUT2D eigenvalue weighted by Gasteiger charge is -2.33. The number of pyridine rings is 1. The van der Waals surface area contributed by atoms with Crippen LogP contribution in [0.2, 0.25) is 5.15 Å². The Labute approximate surface area is 149 Å².